The fourth-order valence-corrected chi connectivity index (χ4v) is 2.11. The molecule has 0 aliphatic rings. The van der Waals surface area contributed by atoms with Gasteiger partial charge in [-0.1, -0.05) is 6.07 Å². The molecule has 4 N–H and O–H groups in total. The molecule has 0 spiro atoms. The molecule has 0 saturated carbocycles. The number of ether oxygens (including phenoxy) is 1. The smallest absolute Gasteiger partial charge is 0.243 e. The van der Waals surface area contributed by atoms with Crippen LogP contribution in [0.15, 0.2) is 18.2 Å². The van der Waals surface area contributed by atoms with Gasteiger partial charge in [0.1, 0.15) is 6.04 Å². The van der Waals surface area contributed by atoms with Crippen molar-refractivity contribution in [2.45, 2.75) is 13.0 Å². The molecule has 0 aromatic heterocycles. The molecule has 0 bridgehead atoms. The standard InChI is InChI=1S/C12H19N3O4S.ClH/c1-8-4-5-10(15-20(3,17)18)11(6-8)14-12(16)9(13)7-19-2;/h4-6,9,15H,7,13H2,1-3H3,(H,14,16);1H. The molecule has 1 unspecified atom stereocenters. The number of carbonyl (C=O) groups is 1. The van der Waals surface area contributed by atoms with Crippen LogP contribution in [-0.2, 0) is 19.6 Å². The van der Waals surface area contributed by atoms with Crippen LogP contribution in [0.1, 0.15) is 5.56 Å². The number of hydrogen-bond donors (Lipinski definition) is 3. The molecule has 0 heterocycles. The molecule has 0 fully saturated rings. The Morgan fingerprint density at radius 2 is 2.00 bits per heavy atom. The first-order valence-corrected chi connectivity index (χ1v) is 7.76. The van der Waals surface area contributed by atoms with E-state index in [1.165, 1.54) is 7.11 Å². The van der Waals surface area contributed by atoms with Gasteiger partial charge in [0.25, 0.3) is 0 Å². The molecule has 21 heavy (non-hydrogen) atoms. The molecule has 0 saturated heterocycles. The van der Waals surface area contributed by atoms with Crippen LogP contribution in [0.5, 0.6) is 0 Å². The first-order chi connectivity index (χ1) is 9.23. The van der Waals surface area contributed by atoms with E-state index >= 15 is 0 Å². The maximum absolute atomic E-state index is 11.8. The third kappa shape index (κ3) is 6.76. The number of nitrogens with two attached hydrogens (primary N) is 1. The number of nitrogens with one attached hydrogen (secondary N) is 2. The summed E-state index contributed by atoms with van der Waals surface area (Å²) in [6.07, 6.45) is 1.04. The Morgan fingerprint density at radius 1 is 1.38 bits per heavy atom. The third-order valence-electron chi connectivity index (χ3n) is 2.41. The monoisotopic (exact) mass is 337 g/mol. The van der Waals surface area contributed by atoms with Gasteiger partial charge < -0.3 is 15.8 Å². The molecule has 1 atom stereocenters. The second-order valence-corrected chi connectivity index (χ2v) is 6.22. The van der Waals surface area contributed by atoms with Crippen molar-refractivity contribution >= 4 is 39.7 Å². The summed E-state index contributed by atoms with van der Waals surface area (Å²) in [5.41, 5.74) is 7.13. The number of rotatable bonds is 6. The van der Waals surface area contributed by atoms with E-state index in [2.05, 4.69) is 10.0 Å². The maximum Gasteiger partial charge on any atom is 0.243 e. The molecule has 1 aromatic rings. The molecule has 0 aliphatic heterocycles. The molecule has 120 valence electrons. The quantitative estimate of drug-likeness (QED) is 0.707. The van der Waals surface area contributed by atoms with Crippen molar-refractivity contribution in [1.29, 1.82) is 0 Å². The second kappa shape index (κ2) is 8.18. The molecule has 1 rings (SSSR count). The number of anilines is 2. The number of aryl methyl sites for hydroxylation is 1. The van der Waals surface area contributed by atoms with Crippen molar-refractivity contribution < 1.29 is 17.9 Å². The number of hydrogen-bond acceptors (Lipinski definition) is 5. The lowest BCUT2D eigenvalue weighted by Crippen LogP contribution is -2.39. The molecule has 7 nitrogen and oxygen atoms in total. The zero-order valence-electron chi connectivity index (χ0n) is 12.0. The van der Waals surface area contributed by atoms with Gasteiger partial charge in [0.15, 0.2) is 0 Å². The second-order valence-electron chi connectivity index (χ2n) is 4.47. The number of amides is 1. The van der Waals surface area contributed by atoms with Crippen molar-refractivity contribution in [3.8, 4) is 0 Å². The average Bonchev–Trinajstić information content (AvgIpc) is 2.31. The van der Waals surface area contributed by atoms with Gasteiger partial charge in [0.05, 0.1) is 24.2 Å². The summed E-state index contributed by atoms with van der Waals surface area (Å²) in [4.78, 5) is 11.8. The molecule has 1 aromatic carbocycles. The average molecular weight is 338 g/mol. The molecular weight excluding hydrogens is 318 g/mol. The third-order valence-corrected chi connectivity index (χ3v) is 3.00. The minimum atomic E-state index is -3.44. The number of sulfonamides is 1. The molecule has 0 aliphatic carbocycles. The first kappa shape index (κ1) is 19.7. The van der Waals surface area contributed by atoms with Crippen molar-refractivity contribution in [2.75, 3.05) is 30.0 Å². The van der Waals surface area contributed by atoms with Crippen LogP contribution in [0, 0.1) is 6.92 Å². The van der Waals surface area contributed by atoms with Crippen LogP contribution in [0.3, 0.4) is 0 Å². The largest absolute Gasteiger partial charge is 0.383 e. The van der Waals surface area contributed by atoms with E-state index in [4.69, 9.17) is 10.5 Å². The predicted octanol–water partition coefficient (Wildman–Crippen LogP) is 0.701. The number of benzene rings is 1. The van der Waals surface area contributed by atoms with E-state index in [1.54, 1.807) is 18.2 Å². The lowest BCUT2D eigenvalue weighted by Gasteiger charge is -2.15. The summed E-state index contributed by atoms with van der Waals surface area (Å²) in [5.74, 6) is -0.450. The van der Waals surface area contributed by atoms with Crippen molar-refractivity contribution in [3.05, 3.63) is 23.8 Å². The number of methoxy groups -OCH3 is 1. The van der Waals surface area contributed by atoms with Gasteiger partial charge in [0.2, 0.25) is 15.9 Å². The van der Waals surface area contributed by atoms with E-state index in [9.17, 15) is 13.2 Å². The summed E-state index contributed by atoms with van der Waals surface area (Å²) in [6, 6.07) is 4.14. The summed E-state index contributed by atoms with van der Waals surface area (Å²) < 4.78 is 29.7. The Bertz CT molecular complexity index is 592. The Hall–Kier alpha value is -1.35. The zero-order valence-corrected chi connectivity index (χ0v) is 13.7. The van der Waals surface area contributed by atoms with E-state index in [0.29, 0.717) is 5.69 Å². The first-order valence-electron chi connectivity index (χ1n) is 5.87. The fourth-order valence-electron chi connectivity index (χ4n) is 1.53. The highest BCUT2D eigenvalue weighted by Gasteiger charge is 2.16. The maximum atomic E-state index is 11.8. The fraction of sp³-hybridized carbons (Fsp3) is 0.417. The highest BCUT2D eigenvalue weighted by Crippen LogP contribution is 2.24. The molecule has 0 radical (unpaired) electrons. The van der Waals surface area contributed by atoms with Gasteiger partial charge in [-0.3, -0.25) is 9.52 Å². The van der Waals surface area contributed by atoms with Gasteiger partial charge in [-0.05, 0) is 24.6 Å². The summed E-state index contributed by atoms with van der Waals surface area (Å²) in [7, 11) is -2.00. The van der Waals surface area contributed by atoms with Crippen molar-refractivity contribution in [1.82, 2.24) is 0 Å². The summed E-state index contributed by atoms with van der Waals surface area (Å²) in [6.45, 7) is 1.90. The van der Waals surface area contributed by atoms with Gasteiger partial charge in [0, 0.05) is 7.11 Å². The van der Waals surface area contributed by atoms with Crippen LogP contribution < -0.4 is 15.8 Å². The van der Waals surface area contributed by atoms with Crippen LogP contribution >= 0.6 is 12.4 Å². The lowest BCUT2D eigenvalue weighted by molar-refractivity contribution is -0.118. The lowest BCUT2D eigenvalue weighted by atomic mass is 10.2. The zero-order chi connectivity index (χ0) is 15.3. The minimum absolute atomic E-state index is 0. The number of carbonyl (C=O) groups excluding carboxylic acids is 1. The van der Waals surface area contributed by atoms with Gasteiger partial charge in [-0.25, -0.2) is 8.42 Å². The van der Waals surface area contributed by atoms with Crippen LogP contribution in [0.2, 0.25) is 0 Å². The van der Waals surface area contributed by atoms with Gasteiger partial charge in [-0.15, -0.1) is 12.4 Å². The van der Waals surface area contributed by atoms with Gasteiger partial charge in [-0.2, -0.15) is 0 Å². The highest BCUT2D eigenvalue weighted by molar-refractivity contribution is 7.92. The Morgan fingerprint density at radius 3 is 2.52 bits per heavy atom. The van der Waals surface area contributed by atoms with Crippen LogP contribution in [0.4, 0.5) is 11.4 Å². The minimum Gasteiger partial charge on any atom is -0.383 e. The van der Waals surface area contributed by atoms with Crippen molar-refractivity contribution in [3.63, 3.8) is 0 Å². The van der Waals surface area contributed by atoms with E-state index < -0.39 is 22.0 Å². The Kier molecular flexibility index (Phi) is 7.65. The molecule has 9 heteroatoms. The van der Waals surface area contributed by atoms with E-state index in [1.807, 2.05) is 6.92 Å². The summed E-state index contributed by atoms with van der Waals surface area (Å²) in [5, 5.41) is 2.59. The summed E-state index contributed by atoms with van der Waals surface area (Å²) >= 11 is 0. The Balaban J connectivity index is 0.00000400. The van der Waals surface area contributed by atoms with Crippen LogP contribution in [0.25, 0.3) is 0 Å². The van der Waals surface area contributed by atoms with E-state index in [-0.39, 0.29) is 24.7 Å². The normalized spacial score (nSPS) is 12.2. The molecular formula is C12H20ClN3O4S. The predicted molar refractivity (Wildman–Crippen MR) is 85.4 cm³/mol. The van der Waals surface area contributed by atoms with Crippen molar-refractivity contribution in [2.24, 2.45) is 5.73 Å². The van der Waals surface area contributed by atoms with Crippen LogP contribution in [-0.4, -0.2) is 40.3 Å². The topological polar surface area (TPSA) is 111 Å². The van der Waals surface area contributed by atoms with Gasteiger partial charge >= 0.3 is 0 Å². The Labute approximate surface area is 130 Å². The highest BCUT2D eigenvalue weighted by atomic mass is 35.5. The SMILES string of the molecule is COCC(N)C(=O)Nc1cc(C)ccc1NS(C)(=O)=O.Cl. The number of halogens is 1. The molecule has 1 amide bonds. The van der Waals surface area contributed by atoms with E-state index in [0.717, 1.165) is 11.8 Å².